The van der Waals surface area contributed by atoms with Gasteiger partial charge in [-0.05, 0) is 63.0 Å². The van der Waals surface area contributed by atoms with Gasteiger partial charge in [-0.1, -0.05) is 200 Å². The fourth-order valence-corrected chi connectivity index (χ4v) is 16.1. The molecule has 10 heteroatoms. The number of benzene rings is 8. The minimum atomic E-state index is 0.604. The number of hydrogen-bond acceptors (Lipinski definition) is 8. The van der Waals surface area contributed by atoms with Crippen LogP contribution >= 0.6 is 61.3 Å². The van der Waals surface area contributed by atoms with Crippen LogP contribution in [0.2, 0.25) is 0 Å². The topological polar surface area (TPSA) is 56.5 Å². The number of halogens is 1. The third-order valence-electron chi connectivity index (χ3n) is 13.7. The molecule has 0 N–H and O–H groups in total. The maximum absolute atomic E-state index is 5.18. The van der Waals surface area contributed by atoms with Crippen molar-refractivity contribution in [1.29, 1.82) is 0 Å². The summed E-state index contributed by atoms with van der Waals surface area (Å²) in [6.45, 7) is 0. The van der Waals surface area contributed by atoms with Crippen molar-refractivity contribution in [2.75, 3.05) is 0 Å². The molecule has 7 heterocycles. The number of thiophene rings is 4. The van der Waals surface area contributed by atoms with Gasteiger partial charge in [0.15, 0.2) is 4.73 Å². The molecule has 15 aromatic rings. The molecule has 16 rings (SSSR count). The maximum atomic E-state index is 5.18. The lowest BCUT2D eigenvalue weighted by atomic mass is 10.1. The predicted octanol–water partition coefficient (Wildman–Crippen LogP) is 19.6. The molecule has 5 nitrogen and oxygen atoms in total. The largest absolute Gasteiger partial charge is 0.276 e. The van der Waals surface area contributed by atoms with Gasteiger partial charge >= 0.3 is 0 Å². The molecule has 0 bridgehead atoms. The first-order valence-electron chi connectivity index (χ1n) is 24.6. The first-order chi connectivity index (χ1) is 37.1. The Morgan fingerprint density at radius 2 is 0.840 bits per heavy atom. The first-order valence-corrected chi connectivity index (χ1v) is 28.7. The van der Waals surface area contributed by atoms with Crippen LogP contribution in [0, 0.1) is 0 Å². The smallest absolute Gasteiger partial charge is 0.235 e. The van der Waals surface area contributed by atoms with Crippen LogP contribution < -0.4 is 0 Å². The Hall–Kier alpha value is -7.96. The van der Waals surface area contributed by atoms with Gasteiger partial charge in [0.1, 0.15) is 0 Å². The van der Waals surface area contributed by atoms with E-state index in [9.17, 15) is 0 Å². The van der Waals surface area contributed by atoms with Gasteiger partial charge in [-0.2, -0.15) is 0 Å². The zero-order valence-electron chi connectivity index (χ0n) is 39.9. The second-order valence-corrected chi connectivity index (χ2v) is 23.6. The van der Waals surface area contributed by atoms with Crippen molar-refractivity contribution in [3.05, 3.63) is 246 Å². The highest BCUT2D eigenvalue weighted by molar-refractivity contribution is 9.10. The fraction of sp³-hybridized carbons (Fsp3) is 0.0154. The summed E-state index contributed by atoms with van der Waals surface area (Å²) < 4.78 is 9.73. The van der Waals surface area contributed by atoms with E-state index in [0.717, 1.165) is 57.0 Å². The normalized spacial score (nSPS) is 11.7. The Labute approximate surface area is 456 Å². The second kappa shape index (κ2) is 19.4. The third kappa shape index (κ3) is 8.36. The van der Waals surface area contributed by atoms with E-state index in [0.29, 0.717) is 10.7 Å². The minimum Gasteiger partial charge on any atom is -0.276 e. The number of aromatic nitrogens is 5. The van der Waals surface area contributed by atoms with Crippen LogP contribution in [0.25, 0.3) is 122 Å². The molecule has 0 fully saturated rings. The zero-order chi connectivity index (χ0) is 49.8. The lowest BCUT2D eigenvalue weighted by molar-refractivity contribution is 0.999. The maximum Gasteiger partial charge on any atom is 0.235 e. The van der Waals surface area contributed by atoms with Crippen molar-refractivity contribution < 1.29 is 0 Å². The Morgan fingerprint density at radius 1 is 0.400 bits per heavy atom. The second-order valence-electron chi connectivity index (χ2n) is 18.2. The van der Waals surface area contributed by atoms with Crippen molar-refractivity contribution in [3.63, 3.8) is 0 Å². The van der Waals surface area contributed by atoms with Crippen LogP contribution in [0.3, 0.4) is 0 Å². The van der Waals surface area contributed by atoms with Crippen LogP contribution in [0.15, 0.2) is 235 Å². The van der Waals surface area contributed by atoms with Crippen molar-refractivity contribution in [3.8, 4) is 61.4 Å². The molecular formula is C65H40BrN5S4. The third-order valence-corrected chi connectivity index (χ3v) is 19.0. The van der Waals surface area contributed by atoms with Gasteiger partial charge in [-0.3, -0.25) is 4.57 Å². The highest BCUT2D eigenvalue weighted by Crippen LogP contribution is 2.52. The molecular weight excluding hydrogens is 1060 g/mol. The van der Waals surface area contributed by atoms with Crippen molar-refractivity contribution in [1.82, 2.24) is 24.5 Å². The van der Waals surface area contributed by atoms with Gasteiger partial charge in [-0.25, -0.2) is 19.9 Å². The van der Waals surface area contributed by atoms with E-state index < -0.39 is 0 Å². The van der Waals surface area contributed by atoms with E-state index in [1.165, 1.54) is 70.6 Å². The first kappa shape index (κ1) is 45.6. The molecule has 8 aromatic carbocycles. The SMILES string of the molecule is Brc1nc(-c2ccccc2)cc(-c2ccccc2)n1.c1ccc(-c2cc(-c3ccccc3)nc(-n3c4ccccc4c4sc5sc6ccccc6c5c43)n2)cc1.c1ccc2c(c1)Cc1c-2sc2sc3ccccc3c12. The molecule has 7 aromatic heterocycles. The summed E-state index contributed by atoms with van der Waals surface area (Å²) in [6, 6.07) is 80.0. The monoisotopic (exact) mass is 1100 g/mol. The average molecular weight is 1100 g/mol. The summed E-state index contributed by atoms with van der Waals surface area (Å²) in [5, 5.41) is 6.78. The standard InChI is InChI=1S/C32H19N3S2.C17H10S2.C16H11BrN2/c1-3-11-20(12-4-1)24-19-25(21-13-5-2-6-14-21)34-32(33-24)35-26-17-9-7-15-22(26)30-29(35)28-23-16-8-10-18-27(23)36-31(28)37-30;1-2-6-11-10(5-1)9-13-15-12-7-3-4-8-14(12)18-17(15)19-16(11)13;17-16-18-14(12-7-3-1-4-8-12)11-15(19-16)13-9-5-2-6-10-13/h1-19H;1-8H,9H2;1-11H. The highest BCUT2D eigenvalue weighted by atomic mass is 79.9. The Bertz CT molecular complexity index is 4460. The van der Waals surface area contributed by atoms with Gasteiger partial charge in [0.2, 0.25) is 5.95 Å². The molecule has 75 heavy (non-hydrogen) atoms. The molecule has 1 aliphatic rings. The summed E-state index contributed by atoms with van der Waals surface area (Å²) in [4.78, 5) is 20.7. The summed E-state index contributed by atoms with van der Waals surface area (Å²) in [7, 11) is 0. The zero-order valence-corrected chi connectivity index (χ0v) is 44.7. The van der Waals surface area contributed by atoms with E-state index in [1.54, 1.807) is 5.56 Å². The minimum absolute atomic E-state index is 0.604. The van der Waals surface area contributed by atoms with E-state index in [-0.39, 0.29) is 0 Å². The summed E-state index contributed by atoms with van der Waals surface area (Å²) in [5.74, 6) is 0.696. The van der Waals surface area contributed by atoms with E-state index in [2.05, 4.69) is 182 Å². The molecule has 0 radical (unpaired) electrons. The van der Waals surface area contributed by atoms with Crippen LogP contribution in [0.4, 0.5) is 0 Å². The Morgan fingerprint density at radius 3 is 1.40 bits per heavy atom. The molecule has 0 amide bonds. The lowest BCUT2D eigenvalue weighted by Crippen LogP contribution is -2.03. The van der Waals surface area contributed by atoms with Crippen LogP contribution in [0.5, 0.6) is 0 Å². The van der Waals surface area contributed by atoms with Crippen LogP contribution in [-0.2, 0) is 6.42 Å². The van der Waals surface area contributed by atoms with Gasteiger partial charge in [0.25, 0.3) is 0 Å². The van der Waals surface area contributed by atoms with Crippen molar-refractivity contribution >= 4 is 121 Å². The predicted molar refractivity (Wildman–Crippen MR) is 324 cm³/mol. The molecule has 1 aliphatic carbocycles. The van der Waals surface area contributed by atoms with Crippen molar-refractivity contribution in [2.24, 2.45) is 0 Å². The van der Waals surface area contributed by atoms with Gasteiger partial charge in [-0.15, -0.1) is 45.3 Å². The summed E-state index contributed by atoms with van der Waals surface area (Å²) in [6.07, 6.45) is 1.10. The number of fused-ring (bicyclic) bond motifs is 14. The highest BCUT2D eigenvalue weighted by Gasteiger charge is 2.26. The molecule has 0 saturated carbocycles. The molecule has 0 unspecified atom stereocenters. The molecule has 0 aliphatic heterocycles. The number of nitrogens with zero attached hydrogens (tertiary/aromatic N) is 5. The average Bonchev–Trinajstić information content (AvgIpc) is 4.42. The molecule has 356 valence electrons. The number of para-hydroxylation sites is 1. The van der Waals surface area contributed by atoms with E-state index >= 15 is 0 Å². The fourth-order valence-electron chi connectivity index (χ4n) is 10.3. The van der Waals surface area contributed by atoms with Crippen molar-refractivity contribution in [2.45, 2.75) is 6.42 Å². The Balaban J connectivity index is 0.000000114. The summed E-state index contributed by atoms with van der Waals surface area (Å²) in [5.41, 5.74) is 14.8. The number of hydrogen-bond donors (Lipinski definition) is 0. The lowest BCUT2D eigenvalue weighted by Gasteiger charge is -2.11. The number of rotatable bonds is 5. The molecule has 0 spiro atoms. The summed E-state index contributed by atoms with van der Waals surface area (Å²) >= 11 is 11.0. The molecule has 0 saturated heterocycles. The van der Waals surface area contributed by atoms with Gasteiger partial charge in [0, 0.05) is 69.9 Å². The van der Waals surface area contributed by atoms with E-state index in [4.69, 9.17) is 9.97 Å². The van der Waals surface area contributed by atoms with E-state index in [1.807, 2.05) is 124 Å². The quantitative estimate of drug-likeness (QED) is 0.161. The van der Waals surface area contributed by atoms with Gasteiger partial charge < -0.3 is 0 Å². The Kier molecular flexibility index (Phi) is 11.8. The molecule has 0 atom stereocenters. The van der Waals surface area contributed by atoms with Crippen LogP contribution in [-0.4, -0.2) is 24.5 Å². The van der Waals surface area contributed by atoms with Gasteiger partial charge in [0.05, 0.1) is 46.5 Å². The van der Waals surface area contributed by atoms with Crippen LogP contribution in [0.1, 0.15) is 11.1 Å².